The molecule has 0 aliphatic carbocycles. The molecule has 1 amide bonds. The van der Waals surface area contributed by atoms with Crippen molar-refractivity contribution >= 4 is 5.91 Å². The van der Waals surface area contributed by atoms with Gasteiger partial charge in [0.15, 0.2) is 0 Å². The monoisotopic (exact) mass is 361 g/mol. The smallest absolute Gasteiger partial charge is 0.254 e. The minimum atomic E-state index is -0.0912. The summed E-state index contributed by atoms with van der Waals surface area (Å²) in [5.41, 5.74) is 2.55. The largest absolute Gasteiger partial charge is 0.467 e. The lowest BCUT2D eigenvalue weighted by Crippen LogP contribution is -2.29. The predicted octanol–water partition coefficient (Wildman–Crippen LogP) is 4.21. The number of amides is 1. The first-order valence-electron chi connectivity index (χ1n) is 8.66. The zero-order valence-electron chi connectivity index (χ0n) is 14.9. The van der Waals surface area contributed by atoms with E-state index >= 15 is 0 Å². The number of rotatable bonds is 6. The van der Waals surface area contributed by atoms with Crippen LogP contribution in [0.4, 0.5) is 0 Å². The standard InChI is InChI=1S/C21H19N3O3/c1-16-10-11-22-24(16)18-8-6-17(7-9-18)21(25)23(14-19-4-2-12-26-19)15-20-5-3-13-27-20/h2-13H,14-15H2,1H3. The fourth-order valence-electron chi connectivity index (χ4n) is 2.95. The van der Waals surface area contributed by atoms with Crippen LogP contribution in [0.3, 0.4) is 0 Å². The fraction of sp³-hybridized carbons (Fsp3) is 0.143. The number of aryl methyl sites for hydroxylation is 1. The number of nitrogens with zero attached hydrogens (tertiary/aromatic N) is 3. The lowest BCUT2D eigenvalue weighted by molar-refractivity contribution is 0.0705. The van der Waals surface area contributed by atoms with Crippen molar-refractivity contribution in [1.82, 2.24) is 14.7 Å². The molecule has 4 rings (SSSR count). The summed E-state index contributed by atoms with van der Waals surface area (Å²) in [6.45, 7) is 2.72. The molecule has 0 N–H and O–H groups in total. The fourth-order valence-corrected chi connectivity index (χ4v) is 2.95. The molecule has 0 unspecified atom stereocenters. The first-order valence-corrected chi connectivity index (χ1v) is 8.66. The van der Waals surface area contributed by atoms with Crippen LogP contribution in [0.25, 0.3) is 5.69 Å². The average Bonchev–Trinajstić information content (AvgIpc) is 3.44. The van der Waals surface area contributed by atoms with Crippen LogP contribution in [0.2, 0.25) is 0 Å². The van der Waals surface area contributed by atoms with Crippen LogP contribution < -0.4 is 0 Å². The van der Waals surface area contributed by atoms with E-state index in [4.69, 9.17) is 8.83 Å². The van der Waals surface area contributed by atoms with E-state index in [0.29, 0.717) is 18.7 Å². The molecule has 4 aromatic rings. The van der Waals surface area contributed by atoms with Crippen LogP contribution in [-0.4, -0.2) is 20.6 Å². The molecule has 0 aliphatic rings. The van der Waals surface area contributed by atoms with Gasteiger partial charge in [-0.1, -0.05) is 0 Å². The number of carbonyl (C=O) groups is 1. The van der Waals surface area contributed by atoms with E-state index in [1.807, 2.05) is 66.2 Å². The van der Waals surface area contributed by atoms with Gasteiger partial charge in [-0.05, 0) is 61.5 Å². The van der Waals surface area contributed by atoms with Crippen molar-refractivity contribution in [2.24, 2.45) is 0 Å². The van der Waals surface area contributed by atoms with E-state index in [0.717, 1.165) is 22.9 Å². The highest BCUT2D eigenvalue weighted by Gasteiger charge is 2.19. The Labute approximate surface area is 156 Å². The van der Waals surface area contributed by atoms with Crippen molar-refractivity contribution in [3.05, 3.63) is 96.1 Å². The Bertz CT molecular complexity index is 963. The normalized spacial score (nSPS) is 10.9. The summed E-state index contributed by atoms with van der Waals surface area (Å²) in [5.74, 6) is 1.35. The van der Waals surface area contributed by atoms with Crippen LogP contribution in [0.1, 0.15) is 27.6 Å². The first-order chi connectivity index (χ1) is 13.2. The SMILES string of the molecule is Cc1ccnn1-c1ccc(C(=O)N(Cc2ccco2)Cc2ccco2)cc1. The van der Waals surface area contributed by atoms with Crippen LogP contribution in [-0.2, 0) is 13.1 Å². The molecule has 0 spiro atoms. The second-order valence-electron chi connectivity index (χ2n) is 6.25. The third kappa shape index (κ3) is 3.69. The zero-order valence-corrected chi connectivity index (χ0v) is 14.9. The van der Waals surface area contributed by atoms with Gasteiger partial charge in [-0.2, -0.15) is 5.10 Å². The van der Waals surface area contributed by atoms with Gasteiger partial charge in [-0.15, -0.1) is 0 Å². The summed E-state index contributed by atoms with van der Waals surface area (Å²) in [6, 6.07) is 16.7. The Morgan fingerprint density at radius 2 is 1.59 bits per heavy atom. The second kappa shape index (κ2) is 7.37. The van der Waals surface area contributed by atoms with E-state index in [1.165, 1.54) is 0 Å². The summed E-state index contributed by atoms with van der Waals surface area (Å²) in [7, 11) is 0. The number of furan rings is 2. The maximum absolute atomic E-state index is 13.1. The summed E-state index contributed by atoms with van der Waals surface area (Å²) < 4.78 is 12.7. The second-order valence-corrected chi connectivity index (χ2v) is 6.25. The molecule has 0 saturated heterocycles. The minimum Gasteiger partial charge on any atom is -0.467 e. The highest BCUT2D eigenvalue weighted by Crippen LogP contribution is 2.17. The Morgan fingerprint density at radius 3 is 2.07 bits per heavy atom. The first kappa shape index (κ1) is 16.9. The molecule has 0 aliphatic heterocycles. The van der Waals surface area contributed by atoms with Crippen molar-refractivity contribution in [2.45, 2.75) is 20.0 Å². The van der Waals surface area contributed by atoms with Gasteiger partial charge >= 0.3 is 0 Å². The number of carbonyl (C=O) groups excluding carboxylic acids is 1. The maximum atomic E-state index is 13.1. The predicted molar refractivity (Wildman–Crippen MR) is 99.3 cm³/mol. The number of hydrogen-bond acceptors (Lipinski definition) is 4. The Balaban J connectivity index is 1.57. The lowest BCUT2D eigenvalue weighted by atomic mass is 10.1. The molecule has 0 fully saturated rings. The van der Waals surface area contributed by atoms with Crippen molar-refractivity contribution in [1.29, 1.82) is 0 Å². The van der Waals surface area contributed by atoms with Gasteiger partial charge in [-0.3, -0.25) is 4.79 Å². The van der Waals surface area contributed by atoms with E-state index in [1.54, 1.807) is 23.6 Å². The lowest BCUT2D eigenvalue weighted by Gasteiger charge is -2.21. The van der Waals surface area contributed by atoms with Crippen LogP contribution in [0.5, 0.6) is 0 Å². The minimum absolute atomic E-state index is 0.0912. The highest BCUT2D eigenvalue weighted by molar-refractivity contribution is 5.94. The van der Waals surface area contributed by atoms with E-state index in [2.05, 4.69) is 5.10 Å². The molecule has 6 heteroatoms. The molecule has 3 heterocycles. The van der Waals surface area contributed by atoms with Gasteiger partial charge in [0, 0.05) is 17.5 Å². The quantitative estimate of drug-likeness (QED) is 0.516. The van der Waals surface area contributed by atoms with Gasteiger partial charge in [0.1, 0.15) is 11.5 Å². The van der Waals surface area contributed by atoms with E-state index in [9.17, 15) is 4.79 Å². The van der Waals surface area contributed by atoms with Gasteiger partial charge in [-0.25, -0.2) is 4.68 Å². The van der Waals surface area contributed by atoms with Gasteiger partial charge in [0.05, 0.1) is 31.3 Å². The Morgan fingerprint density at radius 1 is 0.963 bits per heavy atom. The molecule has 1 aromatic carbocycles. The molecule has 0 atom stereocenters. The molecule has 136 valence electrons. The van der Waals surface area contributed by atoms with Crippen molar-refractivity contribution in [3.63, 3.8) is 0 Å². The molecule has 3 aromatic heterocycles. The number of aromatic nitrogens is 2. The summed E-state index contributed by atoms with van der Waals surface area (Å²) in [4.78, 5) is 14.8. The van der Waals surface area contributed by atoms with E-state index < -0.39 is 0 Å². The molecular formula is C21H19N3O3. The van der Waals surface area contributed by atoms with Crippen molar-refractivity contribution in [2.75, 3.05) is 0 Å². The van der Waals surface area contributed by atoms with Crippen LogP contribution in [0.15, 0.2) is 82.2 Å². The number of benzene rings is 1. The van der Waals surface area contributed by atoms with Crippen molar-refractivity contribution < 1.29 is 13.6 Å². The Hall–Kier alpha value is -3.54. The maximum Gasteiger partial charge on any atom is 0.254 e. The zero-order chi connectivity index (χ0) is 18.6. The van der Waals surface area contributed by atoms with Gasteiger partial charge in [0.25, 0.3) is 5.91 Å². The topological polar surface area (TPSA) is 64.4 Å². The highest BCUT2D eigenvalue weighted by atomic mass is 16.3. The molecule has 0 saturated carbocycles. The molecule has 6 nitrogen and oxygen atoms in total. The summed E-state index contributed by atoms with van der Waals surface area (Å²) >= 11 is 0. The van der Waals surface area contributed by atoms with Gasteiger partial charge < -0.3 is 13.7 Å². The summed E-state index contributed by atoms with van der Waals surface area (Å²) in [6.07, 6.45) is 4.96. The molecule has 0 radical (unpaired) electrons. The molecule has 0 bridgehead atoms. The third-order valence-corrected chi connectivity index (χ3v) is 4.33. The van der Waals surface area contributed by atoms with Crippen LogP contribution >= 0.6 is 0 Å². The van der Waals surface area contributed by atoms with Gasteiger partial charge in [0.2, 0.25) is 0 Å². The number of hydrogen-bond donors (Lipinski definition) is 0. The summed E-state index contributed by atoms with van der Waals surface area (Å²) in [5, 5.41) is 4.29. The third-order valence-electron chi connectivity index (χ3n) is 4.33. The molecular weight excluding hydrogens is 342 g/mol. The van der Waals surface area contributed by atoms with Crippen molar-refractivity contribution in [3.8, 4) is 5.69 Å². The Kier molecular flexibility index (Phi) is 4.61. The van der Waals surface area contributed by atoms with Crippen LogP contribution in [0, 0.1) is 6.92 Å². The average molecular weight is 361 g/mol. The molecule has 27 heavy (non-hydrogen) atoms. The van der Waals surface area contributed by atoms with E-state index in [-0.39, 0.29) is 5.91 Å².